The van der Waals surface area contributed by atoms with Crippen LogP contribution in [0.3, 0.4) is 0 Å². The molecule has 0 atom stereocenters. The quantitative estimate of drug-likeness (QED) is 0.197. The van der Waals surface area contributed by atoms with Gasteiger partial charge in [0.2, 0.25) is 0 Å². The highest BCUT2D eigenvalue weighted by Gasteiger charge is 2.21. The Hall–Kier alpha value is -5.11. The highest BCUT2D eigenvalue weighted by molar-refractivity contribution is 7.99. The van der Waals surface area contributed by atoms with Crippen LogP contribution in [0.1, 0.15) is 12.5 Å². The predicted octanol–water partition coefficient (Wildman–Crippen LogP) is 12.1. The van der Waals surface area contributed by atoms with Gasteiger partial charge in [-0.2, -0.15) is 0 Å². The lowest BCUT2D eigenvalue weighted by Crippen LogP contribution is -2.03. The normalized spacial score (nSPS) is 12.7. The van der Waals surface area contributed by atoms with Gasteiger partial charge in [-0.15, -0.1) is 0 Å². The summed E-state index contributed by atoms with van der Waals surface area (Å²) in [4.78, 5) is 2.65. The molecular weight excluding hydrogens is 561 g/mol. The molecule has 0 bridgehead atoms. The van der Waals surface area contributed by atoms with Crippen molar-refractivity contribution in [3.05, 3.63) is 150 Å². The zero-order valence-electron chi connectivity index (χ0n) is 25.3. The topological polar surface area (TPSA) is 0 Å². The summed E-state index contributed by atoms with van der Waals surface area (Å²) >= 11 is 1.88. The summed E-state index contributed by atoms with van der Waals surface area (Å²) < 4.78 is 0. The van der Waals surface area contributed by atoms with Crippen molar-refractivity contribution in [2.24, 2.45) is 0 Å². The zero-order valence-corrected chi connectivity index (χ0v) is 26.1. The molecule has 45 heavy (non-hydrogen) atoms. The van der Waals surface area contributed by atoms with E-state index < -0.39 is 0 Å². The minimum Gasteiger partial charge on any atom is -0.0888 e. The molecule has 0 spiro atoms. The van der Waals surface area contributed by atoms with Crippen molar-refractivity contribution in [2.45, 2.75) is 23.6 Å². The number of hydrogen-bond acceptors (Lipinski definition) is 1. The van der Waals surface area contributed by atoms with Gasteiger partial charge in [0.15, 0.2) is 0 Å². The van der Waals surface area contributed by atoms with Gasteiger partial charge < -0.3 is 0 Å². The Balaban J connectivity index is 1.33. The molecule has 8 aromatic rings. The van der Waals surface area contributed by atoms with Crippen molar-refractivity contribution in [2.75, 3.05) is 0 Å². The second-order valence-corrected chi connectivity index (χ2v) is 13.1. The van der Waals surface area contributed by atoms with E-state index in [0.717, 1.165) is 0 Å². The average Bonchev–Trinajstić information content (AvgIpc) is 3.10. The fourth-order valence-corrected chi connectivity index (χ4v) is 8.54. The fourth-order valence-electron chi connectivity index (χ4n) is 7.41. The maximum absolute atomic E-state index is 2.41. The SMILES string of the molecule is C/C=c1/ccc2c(-c3cc(-c4ccccc4)cc(-c4ccc5c6c(cccc46)-c4ccccc4S5)c3)ccc3ccc(C)c1c32. The third-order valence-corrected chi connectivity index (χ3v) is 10.7. The number of hydrogen-bond donors (Lipinski definition) is 0. The molecule has 8 aromatic carbocycles. The summed E-state index contributed by atoms with van der Waals surface area (Å²) in [6, 6.07) is 52.0. The molecule has 1 aliphatic heterocycles. The van der Waals surface area contributed by atoms with Gasteiger partial charge in [0.1, 0.15) is 0 Å². The molecule has 1 heteroatoms. The van der Waals surface area contributed by atoms with Crippen LogP contribution in [-0.2, 0) is 0 Å². The van der Waals surface area contributed by atoms with Crippen LogP contribution in [0.4, 0.5) is 0 Å². The van der Waals surface area contributed by atoms with E-state index in [0.29, 0.717) is 0 Å². The smallest absolute Gasteiger partial charge is 0.0207 e. The van der Waals surface area contributed by atoms with Crippen LogP contribution in [0.2, 0.25) is 0 Å². The Morgan fingerprint density at radius 2 is 1.13 bits per heavy atom. The van der Waals surface area contributed by atoms with Gasteiger partial charge in [-0.1, -0.05) is 127 Å². The molecule has 0 amide bonds. The van der Waals surface area contributed by atoms with E-state index in [1.807, 2.05) is 11.8 Å². The fraction of sp³-hybridized carbons (Fsp3) is 0.0455. The highest BCUT2D eigenvalue weighted by atomic mass is 32.2. The monoisotopic (exact) mass is 590 g/mol. The Kier molecular flexibility index (Phi) is 5.98. The number of benzene rings is 8. The zero-order chi connectivity index (χ0) is 30.1. The summed E-state index contributed by atoms with van der Waals surface area (Å²) in [5, 5.41) is 9.26. The van der Waals surface area contributed by atoms with E-state index in [2.05, 4.69) is 159 Å². The lowest BCUT2D eigenvalue weighted by Gasteiger charge is -2.22. The average molecular weight is 591 g/mol. The van der Waals surface area contributed by atoms with E-state index in [1.165, 1.54) is 97.4 Å². The molecule has 0 unspecified atom stereocenters. The molecule has 0 N–H and O–H groups in total. The molecule has 212 valence electrons. The Bertz CT molecular complexity index is 2520. The van der Waals surface area contributed by atoms with Gasteiger partial charge in [0, 0.05) is 15.2 Å². The molecular formula is C44H30S. The minimum absolute atomic E-state index is 1.23. The maximum atomic E-state index is 2.41. The van der Waals surface area contributed by atoms with Crippen molar-refractivity contribution in [1.82, 2.24) is 0 Å². The molecule has 0 aliphatic carbocycles. The van der Waals surface area contributed by atoms with E-state index >= 15 is 0 Å². The van der Waals surface area contributed by atoms with E-state index in [1.54, 1.807) is 0 Å². The van der Waals surface area contributed by atoms with Gasteiger partial charge in [0.25, 0.3) is 0 Å². The molecule has 0 fully saturated rings. The first-order chi connectivity index (χ1) is 22.2. The first-order valence-electron chi connectivity index (χ1n) is 15.6. The number of aryl methyl sites for hydroxylation is 1. The van der Waals surface area contributed by atoms with Crippen molar-refractivity contribution < 1.29 is 0 Å². The number of fused-ring (bicyclic) bond motifs is 2. The molecule has 0 radical (unpaired) electrons. The summed E-state index contributed by atoms with van der Waals surface area (Å²) in [6.07, 6.45) is 2.23. The lowest BCUT2D eigenvalue weighted by atomic mass is 9.87. The van der Waals surface area contributed by atoms with E-state index in [-0.39, 0.29) is 0 Å². The molecule has 9 rings (SSSR count). The van der Waals surface area contributed by atoms with Crippen LogP contribution in [0, 0.1) is 6.92 Å². The molecule has 1 aliphatic rings. The van der Waals surface area contributed by atoms with Crippen molar-refractivity contribution >= 4 is 50.2 Å². The first kappa shape index (κ1) is 26.3. The molecule has 0 aromatic heterocycles. The summed E-state index contributed by atoms with van der Waals surface area (Å²) in [5.41, 5.74) is 11.4. The van der Waals surface area contributed by atoms with Gasteiger partial charge in [0.05, 0.1) is 0 Å². The molecule has 0 nitrogen and oxygen atoms in total. The van der Waals surface area contributed by atoms with Crippen molar-refractivity contribution in [3.63, 3.8) is 0 Å². The lowest BCUT2D eigenvalue weighted by molar-refractivity contribution is 1.40. The summed E-state index contributed by atoms with van der Waals surface area (Å²) in [7, 11) is 0. The second-order valence-electron chi connectivity index (χ2n) is 12.1. The molecule has 0 saturated heterocycles. The minimum atomic E-state index is 1.23. The third-order valence-electron chi connectivity index (χ3n) is 9.53. The Labute approximate surface area is 267 Å². The van der Waals surface area contributed by atoms with Gasteiger partial charge in [-0.3, -0.25) is 0 Å². The van der Waals surface area contributed by atoms with Crippen LogP contribution >= 0.6 is 11.8 Å². The number of rotatable bonds is 3. The van der Waals surface area contributed by atoms with Gasteiger partial charge in [-0.25, -0.2) is 0 Å². The van der Waals surface area contributed by atoms with Gasteiger partial charge >= 0.3 is 0 Å². The van der Waals surface area contributed by atoms with E-state index in [9.17, 15) is 0 Å². The van der Waals surface area contributed by atoms with Crippen LogP contribution in [0.15, 0.2) is 149 Å². The second kappa shape index (κ2) is 10.2. The van der Waals surface area contributed by atoms with Crippen LogP contribution in [0.25, 0.3) is 82.9 Å². The standard InChI is InChI=1S/C44H30S/c1-3-28-18-21-39-34(20-19-30-17-16-27(2)42(28)43(30)39)32-24-31(29-10-5-4-6-11-29)25-33(26-32)35-22-23-41-44-37(35)13-9-14-38(44)36-12-7-8-15-40(36)45-41/h3-26H,1-2H3/b28-3-. The highest BCUT2D eigenvalue weighted by Crippen LogP contribution is 2.50. The maximum Gasteiger partial charge on any atom is 0.0207 e. The van der Waals surface area contributed by atoms with Crippen LogP contribution in [-0.4, -0.2) is 0 Å². The third kappa shape index (κ3) is 4.08. The Morgan fingerprint density at radius 1 is 0.444 bits per heavy atom. The summed E-state index contributed by atoms with van der Waals surface area (Å²) in [5.74, 6) is 0. The Morgan fingerprint density at radius 3 is 1.96 bits per heavy atom. The van der Waals surface area contributed by atoms with Crippen LogP contribution in [0.5, 0.6) is 0 Å². The van der Waals surface area contributed by atoms with Crippen LogP contribution < -0.4 is 5.22 Å². The van der Waals surface area contributed by atoms with Crippen molar-refractivity contribution in [1.29, 1.82) is 0 Å². The largest absolute Gasteiger partial charge is 0.0888 e. The van der Waals surface area contributed by atoms with E-state index in [4.69, 9.17) is 0 Å². The predicted molar refractivity (Wildman–Crippen MR) is 195 cm³/mol. The van der Waals surface area contributed by atoms with Gasteiger partial charge in [-0.05, 0) is 126 Å². The summed E-state index contributed by atoms with van der Waals surface area (Å²) in [6.45, 7) is 4.37. The molecule has 0 saturated carbocycles. The molecule has 1 heterocycles. The first-order valence-corrected chi connectivity index (χ1v) is 16.4. The van der Waals surface area contributed by atoms with Crippen molar-refractivity contribution in [3.8, 4) is 44.5 Å².